The van der Waals surface area contributed by atoms with Gasteiger partial charge < -0.3 is 0 Å². The van der Waals surface area contributed by atoms with Crippen LogP contribution in [-0.2, 0) is 0 Å². The first-order chi connectivity index (χ1) is 6.59. The van der Waals surface area contributed by atoms with E-state index in [0.717, 1.165) is 5.92 Å². The Kier molecular flexibility index (Phi) is 2.38. The van der Waals surface area contributed by atoms with Gasteiger partial charge in [0.25, 0.3) is 0 Å². The topological polar surface area (TPSA) is 0 Å². The molecule has 0 spiro atoms. The molecule has 0 radical (unpaired) electrons. The van der Waals surface area contributed by atoms with Crippen LogP contribution >= 0.6 is 0 Å². The Morgan fingerprint density at radius 2 is 1.93 bits per heavy atom. The molecular formula is C14H20. The molecule has 1 atom stereocenters. The van der Waals surface area contributed by atoms with Crippen molar-refractivity contribution in [3.05, 3.63) is 35.5 Å². The number of hydrogen-bond donors (Lipinski definition) is 0. The van der Waals surface area contributed by atoms with E-state index in [4.69, 9.17) is 0 Å². The molecule has 0 aromatic rings. The van der Waals surface area contributed by atoms with Crippen molar-refractivity contribution in [3.8, 4) is 0 Å². The lowest BCUT2D eigenvalue weighted by atomic mass is 9.69. The molecule has 0 aromatic heterocycles. The summed E-state index contributed by atoms with van der Waals surface area (Å²) < 4.78 is 0. The Labute approximate surface area is 87.4 Å². The second-order valence-corrected chi connectivity index (χ2v) is 5.48. The number of allylic oxidation sites excluding steroid dienone is 6. The Bertz CT molecular complexity index is 307. The molecule has 0 amide bonds. The molecule has 2 aliphatic rings. The van der Waals surface area contributed by atoms with Gasteiger partial charge in [0, 0.05) is 0 Å². The molecule has 2 rings (SSSR count). The van der Waals surface area contributed by atoms with Crippen LogP contribution in [0, 0.1) is 11.3 Å². The van der Waals surface area contributed by atoms with Gasteiger partial charge in [-0.15, -0.1) is 0 Å². The minimum Gasteiger partial charge on any atom is -0.0839 e. The molecule has 0 saturated carbocycles. The zero-order valence-corrected chi connectivity index (χ0v) is 9.51. The van der Waals surface area contributed by atoms with Gasteiger partial charge in [0.2, 0.25) is 0 Å². The quantitative estimate of drug-likeness (QED) is 0.533. The van der Waals surface area contributed by atoms with Crippen molar-refractivity contribution in [1.82, 2.24) is 0 Å². The van der Waals surface area contributed by atoms with Crippen LogP contribution in [0.5, 0.6) is 0 Å². The van der Waals surface area contributed by atoms with Crippen molar-refractivity contribution < 1.29 is 0 Å². The van der Waals surface area contributed by atoms with E-state index >= 15 is 0 Å². The second-order valence-electron chi connectivity index (χ2n) is 5.48. The van der Waals surface area contributed by atoms with Crippen LogP contribution in [0.4, 0.5) is 0 Å². The molecular weight excluding hydrogens is 168 g/mol. The molecule has 0 bridgehead atoms. The van der Waals surface area contributed by atoms with Crippen molar-refractivity contribution in [3.63, 3.8) is 0 Å². The lowest BCUT2D eigenvalue weighted by Gasteiger charge is -2.35. The number of hydrogen-bond acceptors (Lipinski definition) is 0. The molecule has 0 heteroatoms. The van der Waals surface area contributed by atoms with Crippen molar-refractivity contribution in [2.45, 2.75) is 40.0 Å². The summed E-state index contributed by atoms with van der Waals surface area (Å²) in [5, 5.41) is 0. The lowest BCUT2D eigenvalue weighted by Crippen LogP contribution is -2.24. The standard InChI is InChI=1S/C14H20/c1-14(2,3)13-10-6-8-11-7-4-5-9-12(11)13/h5-6,8-9,13H,4,7,10H2,1-3H3. The van der Waals surface area contributed by atoms with E-state index in [1.165, 1.54) is 19.3 Å². The summed E-state index contributed by atoms with van der Waals surface area (Å²) in [7, 11) is 0. The van der Waals surface area contributed by atoms with Crippen LogP contribution in [0.25, 0.3) is 0 Å². The van der Waals surface area contributed by atoms with E-state index in [0.29, 0.717) is 5.41 Å². The zero-order valence-electron chi connectivity index (χ0n) is 9.51. The van der Waals surface area contributed by atoms with Gasteiger partial charge >= 0.3 is 0 Å². The van der Waals surface area contributed by atoms with Gasteiger partial charge in [-0.05, 0) is 41.7 Å². The maximum absolute atomic E-state index is 2.36. The summed E-state index contributed by atoms with van der Waals surface area (Å²) in [6, 6.07) is 0. The summed E-state index contributed by atoms with van der Waals surface area (Å²) in [4.78, 5) is 0. The Balaban J connectivity index is 2.34. The second kappa shape index (κ2) is 3.42. The first-order valence-electron chi connectivity index (χ1n) is 5.65. The predicted molar refractivity (Wildman–Crippen MR) is 62.1 cm³/mol. The maximum atomic E-state index is 2.36. The summed E-state index contributed by atoms with van der Waals surface area (Å²) in [5.41, 5.74) is 3.58. The van der Waals surface area contributed by atoms with Gasteiger partial charge in [-0.3, -0.25) is 0 Å². The summed E-state index contributed by atoms with van der Waals surface area (Å²) in [5.74, 6) is 0.721. The van der Waals surface area contributed by atoms with Crippen LogP contribution in [-0.4, -0.2) is 0 Å². The molecule has 0 nitrogen and oxygen atoms in total. The molecule has 0 aliphatic heterocycles. The van der Waals surface area contributed by atoms with Crippen molar-refractivity contribution in [2.75, 3.05) is 0 Å². The normalized spacial score (nSPS) is 26.6. The Hall–Kier alpha value is -0.780. The highest BCUT2D eigenvalue weighted by Crippen LogP contribution is 2.41. The van der Waals surface area contributed by atoms with E-state index in [1.807, 2.05) is 0 Å². The average Bonchev–Trinajstić information content (AvgIpc) is 2.15. The molecule has 0 N–H and O–H groups in total. The van der Waals surface area contributed by atoms with Gasteiger partial charge in [-0.2, -0.15) is 0 Å². The molecule has 0 fully saturated rings. The van der Waals surface area contributed by atoms with Crippen LogP contribution < -0.4 is 0 Å². The highest BCUT2D eigenvalue weighted by Gasteiger charge is 2.29. The maximum Gasteiger partial charge on any atom is -0.00760 e. The van der Waals surface area contributed by atoms with Crippen LogP contribution in [0.3, 0.4) is 0 Å². The molecule has 0 aromatic carbocycles. The Morgan fingerprint density at radius 1 is 1.14 bits per heavy atom. The summed E-state index contributed by atoms with van der Waals surface area (Å²) >= 11 is 0. The van der Waals surface area contributed by atoms with Gasteiger partial charge in [-0.25, -0.2) is 0 Å². The fourth-order valence-corrected chi connectivity index (χ4v) is 2.51. The molecule has 1 unspecified atom stereocenters. The van der Waals surface area contributed by atoms with E-state index in [2.05, 4.69) is 45.1 Å². The largest absolute Gasteiger partial charge is 0.0839 e. The van der Waals surface area contributed by atoms with Gasteiger partial charge in [0.05, 0.1) is 0 Å². The fraction of sp³-hybridized carbons (Fsp3) is 0.571. The van der Waals surface area contributed by atoms with Crippen molar-refractivity contribution in [1.29, 1.82) is 0 Å². The molecule has 2 aliphatic carbocycles. The first-order valence-corrected chi connectivity index (χ1v) is 5.65. The third-order valence-corrected chi connectivity index (χ3v) is 3.36. The molecule has 14 heavy (non-hydrogen) atoms. The van der Waals surface area contributed by atoms with E-state index in [1.54, 1.807) is 11.1 Å². The molecule has 0 saturated heterocycles. The smallest absolute Gasteiger partial charge is 0.00760 e. The van der Waals surface area contributed by atoms with E-state index < -0.39 is 0 Å². The van der Waals surface area contributed by atoms with Gasteiger partial charge in [0.1, 0.15) is 0 Å². The van der Waals surface area contributed by atoms with E-state index in [9.17, 15) is 0 Å². The molecule has 0 heterocycles. The Morgan fingerprint density at radius 3 is 2.64 bits per heavy atom. The monoisotopic (exact) mass is 188 g/mol. The minimum absolute atomic E-state index is 0.396. The highest BCUT2D eigenvalue weighted by atomic mass is 14.3. The highest BCUT2D eigenvalue weighted by molar-refractivity contribution is 5.41. The number of rotatable bonds is 0. The minimum atomic E-state index is 0.396. The van der Waals surface area contributed by atoms with Crippen molar-refractivity contribution in [2.24, 2.45) is 11.3 Å². The van der Waals surface area contributed by atoms with Gasteiger partial charge in [-0.1, -0.05) is 45.1 Å². The average molecular weight is 188 g/mol. The third-order valence-electron chi connectivity index (χ3n) is 3.36. The van der Waals surface area contributed by atoms with Crippen LogP contribution in [0.15, 0.2) is 35.5 Å². The third kappa shape index (κ3) is 1.70. The van der Waals surface area contributed by atoms with Crippen LogP contribution in [0.1, 0.15) is 40.0 Å². The first kappa shape index (κ1) is 9.76. The fourth-order valence-electron chi connectivity index (χ4n) is 2.51. The summed E-state index contributed by atoms with van der Waals surface area (Å²) in [6.45, 7) is 7.05. The SMILES string of the molecule is CC(C)(C)C1CC=CC2=C1C=CCC2. The zero-order chi connectivity index (χ0) is 10.2. The lowest BCUT2D eigenvalue weighted by molar-refractivity contribution is 0.281. The van der Waals surface area contributed by atoms with Crippen molar-refractivity contribution >= 4 is 0 Å². The predicted octanol–water partition coefficient (Wildman–Crippen LogP) is 4.26. The van der Waals surface area contributed by atoms with Crippen LogP contribution in [0.2, 0.25) is 0 Å². The summed E-state index contributed by atoms with van der Waals surface area (Å²) in [6.07, 6.45) is 13.1. The molecule has 76 valence electrons. The van der Waals surface area contributed by atoms with E-state index in [-0.39, 0.29) is 0 Å². The van der Waals surface area contributed by atoms with Gasteiger partial charge in [0.15, 0.2) is 0 Å².